The Labute approximate surface area is 129 Å². The number of hydrogen-bond acceptors (Lipinski definition) is 3. The van der Waals surface area contributed by atoms with Crippen molar-refractivity contribution in [1.29, 1.82) is 0 Å². The van der Waals surface area contributed by atoms with Crippen molar-refractivity contribution in [2.45, 2.75) is 46.5 Å². The number of hydrogen-bond donors (Lipinski definition) is 2. The van der Waals surface area contributed by atoms with Crippen LogP contribution in [-0.2, 0) is 11.8 Å². The Hall–Kier alpha value is -1.06. The number of aliphatic hydroxyl groups excluding tert-OH is 1. The molecule has 3 heteroatoms. The van der Waals surface area contributed by atoms with Gasteiger partial charge in [0.2, 0.25) is 0 Å². The van der Waals surface area contributed by atoms with Crippen LogP contribution in [0.15, 0.2) is 18.2 Å². The van der Waals surface area contributed by atoms with Crippen LogP contribution in [0.4, 0.5) is 0 Å². The predicted octanol–water partition coefficient (Wildman–Crippen LogP) is 3.13. The Balaban J connectivity index is 3.06. The zero-order chi connectivity index (χ0) is 16.0. The molecule has 0 radical (unpaired) electrons. The highest BCUT2D eigenvalue weighted by atomic mass is 16.5. The summed E-state index contributed by atoms with van der Waals surface area (Å²) in [4.78, 5) is 0. The van der Waals surface area contributed by atoms with E-state index in [1.165, 1.54) is 11.1 Å². The normalized spacial score (nSPS) is 14.8. The minimum absolute atomic E-state index is 0.118. The number of nitrogens with two attached hydrogens (primary N) is 1. The van der Waals surface area contributed by atoms with Crippen LogP contribution in [0.25, 0.3) is 0 Å². The van der Waals surface area contributed by atoms with Gasteiger partial charge in [-0.1, -0.05) is 39.8 Å². The van der Waals surface area contributed by atoms with E-state index in [4.69, 9.17) is 10.5 Å². The summed E-state index contributed by atoms with van der Waals surface area (Å²) in [5.41, 5.74) is 8.38. The Bertz CT molecular complexity index is 433. The van der Waals surface area contributed by atoms with Gasteiger partial charge in [0.1, 0.15) is 5.75 Å². The maximum Gasteiger partial charge on any atom is 0.122 e. The molecule has 2 atom stereocenters. The minimum atomic E-state index is 0.118. The second kappa shape index (κ2) is 7.81. The fraction of sp³-hybridized carbons (Fsp3) is 0.667. The van der Waals surface area contributed by atoms with E-state index in [-0.39, 0.29) is 17.9 Å². The molecule has 1 aromatic rings. The van der Waals surface area contributed by atoms with E-state index in [0.29, 0.717) is 19.1 Å². The monoisotopic (exact) mass is 293 g/mol. The molecular formula is C18H31NO2. The van der Waals surface area contributed by atoms with E-state index < -0.39 is 0 Å². The third-order valence-corrected chi connectivity index (χ3v) is 4.11. The van der Waals surface area contributed by atoms with E-state index >= 15 is 0 Å². The van der Waals surface area contributed by atoms with Crippen LogP contribution in [-0.4, -0.2) is 24.9 Å². The highest BCUT2D eigenvalue weighted by Crippen LogP contribution is 2.30. The Morgan fingerprint density at radius 1 is 1.29 bits per heavy atom. The summed E-state index contributed by atoms with van der Waals surface area (Å²) in [5, 5.41) is 9.42. The minimum Gasteiger partial charge on any atom is -0.494 e. The second-order valence-corrected chi connectivity index (χ2v) is 6.87. The van der Waals surface area contributed by atoms with Crippen molar-refractivity contribution < 1.29 is 9.84 Å². The van der Waals surface area contributed by atoms with Gasteiger partial charge in [-0.05, 0) is 54.3 Å². The third-order valence-electron chi connectivity index (χ3n) is 4.11. The molecule has 1 rings (SSSR count). The molecule has 21 heavy (non-hydrogen) atoms. The molecule has 0 aliphatic rings. The van der Waals surface area contributed by atoms with Crippen LogP contribution in [0.2, 0.25) is 0 Å². The summed E-state index contributed by atoms with van der Waals surface area (Å²) in [6.07, 6.45) is 0.877. The molecule has 2 unspecified atom stereocenters. The lowest BCUT2D eigenvalue weighted by Gasteiger charge is -2.24. The van der Waals surface area contributed by atoms with E-state index in [2.05, 4.69) is 45.9 Å². The van der Waals surface area contributed by atoms with E-state index in [1.54, 1.807) is 0 Å². The van der Waals surface area contributed by atoms with Gasteiger partial charge in [-0.2, -0.15) is 0 Å². The lowest BCUT2D eigenvalue weighted by atomic mass is 9.83. The van der Waals surface area contributed by atoms with Crippen molar-refractivity contribution in [2.24, 2.45) is 17.6 Å². The Morgan fingerprint density at radius 3 is 2.43 bits per heavy atom. The molecule has 0 bridgehead atoms. The standard InChI is InChI=1S/C18H31NO2/c1-6-21-17-8-7-16(18(3,4)5)10-14(17)9-13(2)15(11-19)12-20/h7-8,10,13,15,20H,6,9,11-12,19H2,1-5H3. The SMILES string of the molecule is CCOc1ccc(C(C)(C)C)cc1CC(C)C(CN)CO. The van der Waals surface area contributed by atoms with Crippen molar-refractivity contribution in [3.63, 3.8) is 0 Å². The molecule has 120 valence electrons. The molecule has 0 aliphatic carbocycles. The zero-order valence-electron chi connectivity index (χ0n) is 14.1. The molecule has 3 nitrogen and oxygen atoms in total. The van der Waals surface area contributed by atoms with Gasteiger partial charge < -0.3 is 15.6 Å². The Morgan fingerprint density at radius 2 is 1.95 bits per heavy atom. The quantitative estimate of drug-likeness (QED) is 0.812. The van der Waals surface area contributed by atoms with Crippen LogP contribution in [0, 0.1) is 11.8 Å². The van der Waals surface area contributed by atoms with Gasteiger partial charge in [-0.3, -0.25) is 0 Å². The van der Waals surface area contributed by atoms with Gasteiger partial charge in [0.05, 0.1) is 6.61 Å². The summed E-state index contributed by atoms with van der Waals surface area (Å²) in [5.74, 6) is 1.42. The second-order valence-electron chi connectivity index (χ2n) is 6.87. The summed E-state index contributed by atoms with van der Waals surface area (Å²) in [6.45, 7) is 12.1. The van der Waals surface area contributed by atoms with Gasteiger partial charge in [0.15, 0.2) is 0 Å². The maximum absolute atomic E-state index is 9.42. The molecule has 0 saturated carbocycles. The fourth-order valence-corrected chi connectivity index (χ4v) is 2.50. The lowest BCUT2D eigenvalue weighted by Crippen LogP contribution is -2.26. The topological polar surface area (TPSA) is 55.5 Å². The van der Waals surface area contributed by atoms with Gasteiger partial charge in [0.25, 0.3) is 0 Å². The molecule has 0 saturated heterocycles. The van der Waals surface area contributed by atoms with Gasteiger partial charge >= 0.3 is 0 Å². The maximum atomic E-state index is 9.42. The smallest absolute Gasteiger partial charge is 0.122 e. The van der Waals surface area contributed by atoms with Gasteiger partial charge in [-0.15, -0.1) is 0 Å². The number of aliphatic hydroxyl groups is 1. The van der Waals surface area contributed by atoms with E-state index in [1.807, 2.05) is 6.92 Å². The first-order chi connectivity index (χ1) is 9.83. The first-order valence-corrected chi connectivity index (χ1v) is 7.90. The molecule has 3 N–H and O–H groups in total. The van der Waals surface area contributed by atoms with Gasteiger partial charge in [-0.25, -0.2) is 0 Å². The first kappa shape index (κ1) is 18.0. The van der Waals surface area contributed by atoms with Crippen molar-refractivity contribution >= 4 is 0 Å². The van der Waals surface area contributed by atoms with Crippen LogP contribution in [0.3, 0.4) is 0 Å². The molecule has 1 aromatic carbocycles. The number of ether oxygens (including phenoxy) is 1. The molecule has 0 aliphatic heterocycles. The summed E-state index contributed by atoms with van der Waals surface area (Å²) in [6, 6.07) is 6.46. The summed E-state index contributed by atoms with van der Waals surface area (Å²) in [7, 11) is 0. The van der Waals surface area contributed by atoms with E-state index in [9.17, 15) is 5.11 Å². The molecule has 0 aromatic heterocycles. The van der Waals surface area contributed by atoms with Crippen molar-refractivity contribution in [1.82, 2.24) is 0 Å². The fourth-order valence-electron chi connectivity index (χ4n) is 2.50. The number of benzene rings is 1. The average Bonchev–Trinajstić information content (AvgIpc) is 2.41. The molecule has 0 fully saturated rings. The first-order valence-electron chi connectivity index (χ1n) is 7.90. The van der Waals surface area contributed by atoms with Gasteiger partial charge in [0, 0.05) is 6.61 Å². The summed E-state index contributed by atoms with van der Waals surface area (Å²) >= 11 is 0. The van der Waals surface area contributed by atoms with Crippen molar-refractivity contribution in [3.8, 4) is 5.75 Å². The molecule has 0 amide bonds. The van der Waals surface area contributed by atoms with Crippen LogP contribution >= 0.6 is 0 Å². The molecule has 0 spiro atoms. The largest absolute Gasteiger partial charge is 0.494 e. The average molecular weight is 293 g/mol. The lowest BCUT2D eigenvalue weighted by molar-refractivity contribution is 0.186. The molecular weight excluding hydrogens is 262 g/mol. The van der Waals surface area contributed by atoms with Crippen LogP contribution in [0.1, 0.15) is 45.7 Å². The van der Waals surface area contributed by atoms with Crippen LogP contribution < -0.4 is 10.5 Å². The summed E-state index contributed by atoms with van der Waals surface area (Å²) < 4.78 is 5.76. The number of rotatable bonds is 7. The third kappa shape index (κ3) is 5.01. The highest BCUT2D eigenvalue weighted by molar-refractivity contribution is 5.40. The molecule has 0 heterocycles. The van der Waals surface area contributed by atoms with Crippen molar-refractivity contribution in [3.05, 3.63) is 29.3 Å². The Kier molecular flexibility index (Phi) is 6.69. The van der Waals surface area contributed by atoms with Crippen LogP contribution in [0.5, 0.6) is 5.75 Å². The predicted molar refractivity (Wildman–Crippen MR) is 88.8 cm³/mol. The van der Waals surface area contributed by atoms with E-state index in [0.717, 1.165) is 12.2 Å². The highest BCUT2D eigenvalue weighted by Gasteiger charge is 2.20. The van der Waals surface area contributed by atoms with Crippen molar-refractivity contribution in [2.75, 3.05) is 19.8 Å². The zero-order valence-corrected chi connectivity index (χ0v) is 14.1.